The smallest absolute Gasteiger partial charge is 0.113 e. The van der Waals surface area contributed by atoms with E-state index in [0.29, 0.717) is 5.92 Å². The SMILES string of the molecule is Cc1cccnc1Cn1c(C2CC2)nc2cc(N)ccc21. The molecule has 1 fully saturated rings. The van der Waals surface area contributed by atoms with E-state index in [2.05, 4.69) is 28.6 Å². The number of rotatable bonds is 3. The summed E-state index contributed by atoms with van der Waals surface area (Å²) < 4.78 is 2.31. The predicted molar refractivity (Wildman–Crippen MR) is 84.2 cm³/mol. The van der Waals surface area contributed by atoms with Crippen LogP contribution >= 0.6 is 0 Å². The van der Waals surface area contributed by atoms with Crippen molar-refractivity contribution in [1.82, 2.24) is 14.5 Å². The fourth-order valence-corrected chi connectivity index (χ4v) is 2.82. The first-order chi connectivity index (χ1) is 10.2. The lowest BCUT2D eigenvalue weighted by molar-refractivity contribution is 0.727. The fourth-order valence-electron chi connectivity index (χ4n) is 2.82. The number of nitrogen functional groups attached to an aromatic ring is 1. The van der Waals surface area contributed by atoms with Crippen LogP contribution in [0.25, 0.3) is 11.0 Å². The molecule has 1 aromatic carbocycles. The molecule has 4 rings (SSSR count). The van der Waals surface area contributed by atoms with Gasteiger partial charge in [-0.05, 0) is 49.6 Å². The van der Waals surface area contributed by atoms with Crippen molar-refractivity contribution in [3.05, 3.63) is 53.6 Å². The third-order valence-electron chi connectivity index (χ3n) is 4.17. The van der Waals surface area contributed by atoms with Gasteiger partial charge in [0, 0.05) is 17.8 Å². The summed E-state index contributed by atoms with van der Waals surface area (Å²) in [6.45, 7) is 2.88. The molecule has 1 aliphatic carbocycles. The summed E-state index contributed by atoms with van der Waals surface area (Å²) >= 11 is 0. The van der Waals surface area contributed by atoms with E-state index >= 15 is 0 Å². The van der Waals surface area contributed by atoms with Gasteiger partial charge in [0.1, 0.15) is 5.82 Å². The Labute approximate surface area is 123 Å². The summed E-state index contributed by atoms with van der Waals surface area (Å²) in [6, 6.07) is 10.1. The van der Waals surface area contributed by atoms with E-state index in [9.17, 15) is 0 Å². The first kappa shape index (κ1) is 12.4. The number of benzene rings is 1. The van der Waals surface area contributed by atoms with Gasteiger partial charge in [0.05, 0.1) is 23.3 Å². The Kier molecular flexibility index (Phi) is 2.70. The summed E-state index contributed by atoms with van der Waals surface area (Å²) in [6.07, 6.45) is 4.33. The summed E-state index contributed by atoms with van der Waals surface area (Å²) in [7, 11) is 0. The molecule has 0 bridgehead atoms. The summed E-state index contributed by atoms with van der Waals surface area (Å²) in [5.41, 5.74) is 11.1. The average molecular weight is 278 g/mol. The number of aromatic nitrogens is 3. The molecule has 0 radical (unpaired) electrons. The number of nitrogens with zero attached hydrogens (tertiary/aromatic N) is 3. The van der Waals surface area contributed by atoms with Gasteiger partial charge >= 0.3 is 0 Å². The second kappa shape index (κ2) is 4.58. The highest BCUT2D eigenvalue weighted by Crippen LogP contribution is 2.41. The molecule has 21 heavy (non-hydrogen) atoms. The highest BCUT2D eigenvalue weighted by Gasteiger charge is 2.29. The van der Waals surface area contributed by atoms with Crippen LogP contribution in [0.3, 0.4) is 0 Å². The number of aryl methyl sites for hydroxylation is 1. The molecule has 4 nitrogen and oxygen atoms in total. The second-order valence-corrected chi connectivity index (χ2v) is 5.85. The molecule has 0 unspecified atom stereocenters. The number of pyridine rings is 1. The van der Waals surface area contributed by atoms with Gasteiger partial charge in [0.15, 0.2) is 0 Å². The predicted octanol–water partition coefficient (Wildman–Crippen LogP) is 3.25. The van der Waals surface area contributed by atoms with Crippen molar-refractivity contribution in [2.24, 2.45) is 0 Å². The normalized spacial score (nSPS) is 14.7. The van der Waals surface area contributed by atoms with Crippen molar-refractivity contribution in [1.29, 1.82) is 0 Å². The van der Waals surface area contributed by atoms with Gasteiger partial charge in [-0.15, -0.1) is 0 Å². The van der Waals surface area contributed by atoms with Crippen molar-refractivity contribution < 1.29 is 0 Å². The van der Waals surface area contributed by atoms with Gasteiger partial charge in [0.2, 0.25) is 0 Å². The van der Waals surface area contributed by atoms with Crippen LogP contribution in [0, 0.1) is 6.92 Å². The van der Waals surface area contributed by atoms with Gasteiger partial charge in [-0.1, -0.05) is 6.07 Å². The van der Waals surface area contributed by atoms with Crippen LogP contribution in [0.5, 0.6) is 0 Å². The van der Waals surface area contributed by atoms with E-state index in [4.69, 9.17) is 10.7 Å². The van der Waals surface area contributed by atoms with Gasteiger partial charge in [0.25, 0.3) is 0 Å². The maximum atomic E-state index is 5.89. The fraction of sp³-hybridized carbons (Fsp3) is 0.294. The molecule has 2 heterocycles. The lowest BCUT2D eigenvalue weighted by Crippen LogP contribution is -2.07. The number of anilines is 1. The summed E-state index contributed by atoms with van der Waals surface area (Å²) in [5.74, 6) is 1.78. The second-order valence-electron chi connectivity index (χ2n) is 5.85. The molecule has 0 spiro atoms. The van der Waals surface area contributed by atoms with Crippen LogP contribution < -0.4 is 5.73 Å². The zero-order chi connectivity index (χ0) is 14.4. The third kappa shape index (κ3) is 2.17. The lowest BCUT2D eigenvalue weighted by Gasteiger charge is -2.10. The summed E-state index contributed by atoms with van der Waals surface area (Å²) in [4.78, 5) is 9.34. The van der Waals surface area contributed by atoms with Crippen LogP contribution in [-0.4, -0.2) is 14.5 Å². The minimum Gasteiger partial charge on any atom is -0.399 e. The molecule has 2 N–H and O–H groups in total. The van der Waals surface area contributed by atoms with E-state index in [-0.39, 0.29) is 0 Å². The van der Waals surface area contributed by atoms with Crippen molar-refractivity contribution in [2.45, 2.75) is 32.2 Å². The maximum absolute atomic E-state index is 5.89. The Morgan fingerprint density at radius 3 is 2.90 bits per heavy atom. The molecular formula is C17H18N4. The molecule has 4 heteroatoms. The highest BCUT2D eigenvalue weighted by molar-refractivity contribution is 5.80. The Hall–Kier alpha value is -2.36. The zero-order valence-electron chi connectivity index (χ0n) is 12.1. The molecule has 106 valence electrons. The summed E-state index contributed by atoms with van der Waals surface area (Å²) in [5, 5.41) is 0. The Morgan fingerprint density at radius 1 is 1.29 bits per heavy atom. The number of hydrogen-bond acceptors (Lipinski definition) is 3. The van der Waals surface area contributed by atoms with Crippen LogP contribution in [0.15, 0.2) is 36.5 Å². The van der Waals surface area contributed by atoms with Gasteiger partial charge in [-0.3, -0.25) is 4.98 Å². The number of fused-ring (bicyclic) bond motifs is 1. The Bertz CT molecular complexity index is 815. The van der Waals surface area contributed by atoms with Gasteiger partial charge in [-0.25, -0.2) is 4.98 Å². The molecule has 0 atom stereocenters. The molecule has 0 saturated heterocycles. The molecule has 1 saturated carbocycles. The Balaban J connectivity index is 1.86. The minimum absolute atomic E-state index is 0.600. The van der Waals surface area contributed by atoms with E-state index in [1.807, 2.05) is 24.4 Å². The molecule has 0 aliphatic heterocycles. The van der Waals surface area contributed by atoms with E-state index in [1.165, 1.54) is 24.2 Å². The number of imidazole rings is 1. The highest BCUT2D eigenvalue weighted by atomic mass is 15.1. The standard InChI is InChI=1S/C17H18N4/c1-11-3-2-8-19-15(11)10-21-16-7-6-13(18)9-14(16)20-17(21)12-4-5-12/h2-3,6-9,12H,4-5,10,18H2,1H3. The zero-order valence-corrected chi connectivity index (χ0v) is 12.1. The van der Waals surface area contributed by atoms with E-state index in [1.54, 1.807) is 0 Å². The first-order valence-electron chi connectivity index (χ1n) is 7.38. The molecule has 2 aromatic heterocycles. The van der Waals surface area contributed by atoms with Crippen molar-refractivity contribution in [3.8, 4) is 0 Å². The van der Waals surface area contributed by atoms with E-state index in [0.717, 1.165) is 29.0 Å². The largest absolute Gasteiger partial charge is 0.399 e. The first-order valence-corrected chi connectivity index (χ1v) is 7.38. The van der Waals surface area contributed by atoms with Gasteiger partial charge in [-0.2, -0.15) is 0 Å². The number of hydrogen-bond donors (Lipinski definition) is 1. The topological polar surface area (TPSA) is 56.7 Å². The van der Waals surface area contributed by atoms with Crippen LogP contribution in [0.2, 0.25) is 0 Å². The van der Waals surface area contributed by atoms with Gasteiger partial charge < -0.3 is 10.3 Å². The molecule has 3 aromatic rings. The minimum atomic E-state index is 0.600. The van der Waals surface area contributed by atoms with Crippen molar-refractivity contribution in [3.63, 3.8) is 0 Å². The van der Waals surface area contributed by atoms with Crippen molar-refractivity contribution >= 4 is 16.7 Å². The number of nitrogens with two attached hydrogens (primary N) is 1. The Morgan fingerprint density at radius 2 is 2.14 bits per heavy atom. The average Bonchev–Trinajstić information content (AvgIpc) is 3.25. The van der Waals surface area contributed by atoms with E-state index < -0.39 is 0 Å². The monoisotopic (exact) mass is 278 g/mol. The maximum Gasteiger partial charge on any atom is 0.113 e. The molecule has 1 aliphatic rings. The van der Waals surface area contributed by atoms with Crippen LogP contribution in [0.4, 0.5) is 5.69 Å². The van der Waals surface area contributed by atoms with Crippen molar-refractivity contribution in [2.75, 3.05) is 5.73 Å². The quantitative estimate of drug-likeness (QED) is 0.748. The molecule has 0 amide bonds. The van der Waals surface area contributed by atoms with Crippen LogP contribution in [-0.2, 0) is 6.54 Å². The third-order valence-corrected chi connectivity index (χ3v) is 4.17. The lowest BCUT2D eigenvalue weighted by atomic mass is 10.2. The molecular weight excluding hydrogens is 260 g/mol. The van der Waals surface area contributed by atoms with Crippen LogP contribution in [0.1, 0.15) is 35.8 Å².